The normalized spacial score (nSPS) is 16.5. The Bertz CT molecular complexity index is 551. The molecule has 1 aliphatic rings. The zero-order valence-electron chi connectivity index (χ0n) is 15.9. The quantitative estimate of drug-likeness (QED) is 0.200. The van der Waals surface area contributed by atoms with E-state index in [0.717, 1.165) is 32.4 Å². The summed E-state index contributed by atoms with van der Waals surface area (Å²) < 4.78 is 11.0. The van der Waals surface area contributed by atoms with Crippen molar-refractivity contribution in [3.63, 3.8) is 0 Å². The summed E-state index contributed by atoms with van der Waals surface area (Å²) in [6, 6.07) is 10.1. The van der Waals surface area contributed by atoms with Crippen molar-refractivity contribution in [2.45, 2.75) is 25.4 Å². The van der Waals surface area contributed by atoms with Crippen molar-refractivity contribution in [2.75, 3.05) is 46.5 Å². The maximum absolute atomic E-state index is 11.9. The highest BCUT2D eigenvalue weighted by atomic mass is 127. The van der Waals surface area contributed by atoms with E-state index in [9.17, 15) is 4.79 Å². The summed E-state index contributed by atoms with van der Waals surface area (Å²) in [5.74, 6) is 0.570. The van der Waals surface area contributed by atoms with Gasteiger partial charge in [0.1, 0.15) is 0 Å². The largest absolute Gasteiger partial charge is 0.379 e. The van der Waals surface area contributed by atoms with E-state index in [2.05, 4.69) is 33.1 Å². The van der Waals surface area contributed by atoms with E-state index >= 15 is 0 Å². The maximum Gasteiger partial charge on any atom is 0.239 e. The first-order chi connectivity index (χ1) is 12.8. The molecule has 1 fully saturated rings. The Morgan fingerprint density at radius 2 is 2.04 bits per heavy atom. The highest BCUT2D eigenvalue weighted by Crippen LogP contribution is 2.07. The monoisotopic (exact) mass is 490 g/mol. The number of carbonyl (C=O) groups excluding carboxylic acids is 1. The zero-order chi connectivity index (χ0) is 18.5. The minimum absolute atomic E-state index is 0. The number of hydrogen-bond acceptors (Lipinski definition) is 4. The molecule has 1 atom stereocenters. The molecule has 1 unspecified atom stereocenters. The second-order valence-electron chi connectivity index (χ2n) is 6.15. The predicted molar refractivity (Wildman–Crippen MR) is 118 cm³/mol. The number of amides is 1. The molecule has 1 amide bonds. The minimum atomic E-state index is -0.0477. The molecule has 7 nitrogen and oxygen atoms in total. The lowest BCUT2D eigenvalue weighted by molar-refractivity contribution is -0.119. The van der Waals surface area contributed by atoms with Crippen molar-refractivity contribution < 1.29 is 14.3 Å². The van der Waals surface area contributed by atoms with Crippen LogP contribution in [0.3, 0.4) is 0 Å². The first-order valence-electron chi connectivity index (χ1n) is 9.22. The first-order valence-corrected chi connectivity index (χ1v) is 9.22. The molecular weight excluding hydrogens is 459 g/mol. The van der Waals surface area contributed by atoms with Gasteiger partial charge in [-0.2, -0.15) is 0 Å². The summed E-state index contributed by atoms with van der Waals surface area (Å²) in [6.45, 7) is 3.76. The molecule has 3 N–H and O–H groups in total. The van der Waals surface area contributed by atoms with Crippen molar-refractivity contribution in [3.8, 4) is 0 Å². The number of halogens is 1. The number of benzene rings is 1. The zero-order valence-corrected chi connectivity index (χ0v) is 18.2. The Morgan fingerprint density at radius 1 is 1.22 bits per heavy atom. The van der Waals surface area contributed by atoms with Gasteiger partial charge in [0.05, 0.1) is 19.3 Å². The third kappa shape index (κ3) is 10.5. The van der Waals surface area contributed by atoms with Crippen LogP contribution in [0, 0.1) is 0 Å². The van der Waals surface area contributed by atoms with E-state index in [-0.39, 0.29) is 42.5 Å². The first kappa shape index (κ1) is 23.6. The minimum Gasteiger partial charge on any atom is -0.379 e. The van der Waals surface area contributed by atoms with Crippen LogP contribution in [0.15, 0.2) is 35.3 Å². The van der Waals surface area contributed by atoms with Crippen molar-refractivity contribution >= 4 is 35.8 Å². The Balaban J connectivity index is 0.00000364. The van der Waals surface area contributed by atoms with Crippen LogP contribution in [0.25, 0.3) is 0 Å². The van der Waals surface area contributed by atoms with Gasteiger partial charge in [-0.05, 0) is 24.8 Å². The Hall–Kier alpha value is -1.39. The SMILES string of the molecule is CN=C(NCCCOC1CCOC1)NCC(=O)NCCc1ccccc1.I. The molecule has 0 aliphatic carbocycles. The molecule has 0 bridgehead atoms. The van der Waals surface area contributed by atoms with Gasteiger partial charge in [0, 0.05) is 33.4 Å². The fraction of sp³-hybridized carbons (Fsp3) is 0.579. The number of guanidine groups is 1. The summed E-state index contributed by atoms with van der Waals surface area (Å²) in [6.07, 6.45) is 2.93. The van der Waals surface area contributed by atoms with Gasteiger partial charge < -0.3 is 25.4 Å². The smallest absolute Gasteiger partial charge is 0.239 e. The molecule has 0 radical (unpaired) electrons. The third-order valence-electron chi connectivity index (χ3n) is 4.07. The standard InChI is InChI=1S/C19H30N4O3.HI/c1-20-19(22-10-5-12-26-17-9-13-25-15-17)23-14-18(24)21-11-8-16-6-3-2-4-7-16;/h2-4,6-7,17H,5,8-15H2,1H3,(H,21,24)(H2,20,22,23);1H. The number of ether oxygens (including phenoxy) is 2. The molecule has 1 aromatic carbocycles. The van der Waals surface area contributed by atoms with Crippen LogP contribution in [0.4, 0.5) is 0 Å². The fourth-order valence-corrected chi connectivity index (χ4v) is 2.61. The van der Waals surface area contributed by atoms with Crippen LogP contribution in [-0.2, 0) is 20.7 Å². The van der Waals surface area contributed by atoms with Gasteiger partial charge >= 0.3 is 0 Å². The van der Waals surface area contributed by atoms with Crippen LogP contribution in [-0.4, -0.2) is 64.5 Å². The lowest BCUT2D eigenvalue weighted by atomic mass is 10.1. The van der Waals surface area contributed by atoms with E-state index in [1.54, 1.807) is 7.05 Å². The molecule has 0 spiro atoms. The van der Waals surface area contributed by atoms with Crippen molar-refractivity contribution in [2.24, 2.45) is 4.99 Å². The van der Waals surface area contributed by atoms with Crippen LogP contribution in [0.5, 0.6) is 0 Å². The Morgan fingerprint density at radius 3 is 2.74 bits per heavy atom. The average molecular weight is 490 g/mol. The maximum atomic E-state index is 11.9. The third-order valence-corrected chi connectivity index (χ3v) is 4.07. The molecule has 1 saturated heterocycles. The highest BCUT2D eigenvalue weighted by molar-refractivity contribution is 14.0. The van der Waals surface area contributed by atoms with Gasteiger partial charge in [-0.15, -0.1) is 24.0 Å². The molecule has 2 rings (SSSR count). The van der Waals surface area contributed by atoms with Crippen LogP contribution < -0.4 is 16.0 Å². The molecule has 1 aromatic rings. The second kappa shape index (κ2) is 14.6. The van der Waals surface area contributed by atoms with Crippen LogP contribution >= 0.6 is 24.0 Å². The predicted octanol–water partition coefficient (Wildman–Crippen LogP) is 1.32. The molecule has 152 valence electrons. The van der Waals surface area contributed by atoms with Gasteiger partial charge in [0.2, 0.25) is 5.91 Å². The van der Waals surface area contributed by atoms with Gasteiger partial charge in [-0.1, -0.05) is 30.3 Å². The molecule has 27 heavy (non-hydrogen) atoms. The molecule has 1 heterocycles. The van der Waals surface area contributed by atoms with Crippen molar-refractivity contribution in [1.82, 2.24) is 16.0 Å². The summed E-state index contributed by atoms with van der Waals surface area (Å²) in [4.78, 5) is 16.0. The van der Waals surface area contributed by atoms with Crippen LogP contribution in [0.1, 0.15) is 18.4 Å². The van der Waals surface area contributed by atoms with Gasteiger partial charge in [0.15, 0.2) is 5.96 Å². The molecule has 0 aromatic heterocycles. The highest BCUT2D eigenvalue weighted by Gasteiger charge is 2.15. The number of nitrogens with one attached hydrogen (secondary N) is 3. The van der Waals surface area contributed by atoms with E-state index in [1.165, 1.54) is 5.56 Å². The van der Waals surface area contributed by atoms with Crippen molar-refractivity contribution in [1.29, 1.82) is 0 Å². The van der Waals surface area contributed by atoms with E-state index < -0.39 is 0 Å². The summed E-state index contributed by atoms with van der Waals surface area (Å²) >= 11 is 0. The van der Waals surface area contributed by atoms with E-state index in [1.807, 2.05) is 18.2 Å². The van der Waals surface area contributed by atoms with Crippen molar-refractivity contribution in [3.05, 3.63) is 35.9 Å². The molecule has 1 aliphatic heterocycles. The average Bonchev–Trinajstić information content (AvgIpc) is 3.18. The fourth-order valence-electron chi connectivity index (χ4n) is 2.61. The number of nitrogens with zero attached hydrogens (tertiary/aromatic N) is 1. The van der Waals surface area contributed by atoms with Gasteiger partial charge in [-0.3, -0.25) is 9.79 Å². The summed E-state index contributed by atoms with van der Waals surface area (Å²) in [7, 11) is 1.69. The number of hydrogen-bond donors (Lipinski definition) is 3. The number of rotatable bonds is 10. The molecular formula is C19H31IN4O3. The van der Waals surface area contributed by atoms with E-state index in [4.69, 9.17) is 9.47 Å². The number of carbonyl (C=O) groups is 1. The molecule has 0 saturated carbocycles. The van der Waals surface area contributed by atoms with Gasteiger partial charge in [-0.25, -0.2) is 0 Å². The van der Waals surface area contributed by atoms with E-state index in [0.29, 0.717) is 25.7 Å². The lowest BCUT2D eigenvalue weighted by Gasteiger charge is -2.13. The van der Waals surface area contributed by atoms with Crippen LogP contribution in [0.2, 0.25) is 0 Å². The second-order valence-corrected chi connectivity index (χ2v) is 6.15. The summed E-state index contributed by atoms with van der Waals surface area (Å²) in [5, 5.41) is 9.10. The topological polar surface area (TPSA) is 84.0 Å². The molecule has 8 heteroatoms. The van der Waals surface area contributed by atoms with Gasteiger partial charge in [0.25, 0.3) is 0 Å². The number of aliphatic imine (C=N–C) groups is 1. The Labute approximate surface area is 178 Å². The Kier molecular flexibility index (Phi) is 12.8. The lowest BCUT2D eigenvalue weighted by Crippen LogP contribution is -2.43. The summed E-state index contributed by atoms with van der Waals surface area (Å²) in [5.41, 5.74) is 1.21.